The summed E-state index contributed by atoms with van der Waals surface area (Å²) in [4.78, 5) is 0. The van der Waals surface area contributed by atoms with Gasteiger partial charge >= 0.3 is 0 Å². The topological polar surface area (TPSA) is 55.9 Å². The highest BCUT2D eigenvalue weighted by atomic mass is 15.3. The van der Waals surface area contributed by atoms with E-state index in [1.807, 2.05) is 11.7 Å². The Bertz CT molecular complexity index is 569. The zero-order valence-electron chi connectivity index (χ0n) is 12.8. The van der Waals surface area contributed by atoms with Crippen LogP contribution in [0.15, 0.2) is 24.3 Å². The van der Waals surface area contributed by atoms with E-state index in [1.165, 1.54) is 22.4 Å². The number of aromatic nitrogens is 2. The van der Waals surface area contributed by atoms with E-state index in [0.717, 1.165) is 18.5 Å². The zero-order valence-corrected chi connectivity index (χ0v) is 12.8. The summed E-state index contributed by atoms with van der Waals surface area (Å²) in [6.07, 6.45) is 1.82. The number of nitrogens with zero attached hydrogens (tertiary/aromatic N) is 2. The van der Waals surface area contributed by atoms with Gasteiger partial charge in [-0.3, -0.25) is 16.0 Å². The summed E-state index contributed by atoms with van der Waals surface area (Å²) in [5.74, 6) is 5.73. The van der Waals surface area contributed by atoms with Crippen LogP contribution >= 0.6 is 0 Å². The van der Waals surface area contributed by atoms with E-state index in [1.54, 1.807) is 0 Å². The predicted octanol–water partition coefficient (Wildman–Crippen LogP) is 1.96. The fraction of sp³-hybridized carbons (Fsp3) is 0.438. The number of hydrazine groups is 1. The summed E-state index contributed by atoms with van der Waals surface area (Å²) in [6, 6.07) is 8.84. The molecule has 0 aliphatic carbocycles. The highest BCUT2D eigenvalue weighted by Gasteiger charge is 2.15. The fourth-order valence-electron chi connectivity index (χ4n) is 2.56. The van der Waals surface area contributed by atoms with Crippen LogP contribution in [0.25, 0.3) is 0 Å². The van der Waals surface area contributed by atoms with Crippen molar-refractivity contribution in [1.29, 1.82) is 0 Å². The van der Waals surface area contributed by atoms with Gasteiger partial charge in [-0.1, -0.05) is 29.8 Å². The van der Waals surface area contributed by atoms with Crippen molar-refractivity contribution in [2.75, 3.05) is 0 Å². The standard InChI is InChI=1S/C16H24N4/c1-11-5-7-14(8-6-11)9-15(18-17)10-16-12(2)19-20(4)13(16)3/h5-8,15,18H,9-10,17H2,1-4H3. The highest BCUT2D eigenvalue weighted by molar-refractivity contribution is 5.27. The van der Waals surface area contributed by atoms with Gasteiger partial charge in [-0.05, 0) is 44.7 Å². The largest absolute Gasteiger partial charge is 0.272 e. The lowest BCUT2D eigenvalue weighted by Crippen LogP contribution is -2.38. The van der Waals surface area contributed by atoms with Gasteiger partial charge < -0.3 is 0 Å². The number of hydrogen-bond donors (Lipinski definition) is 2. The molecule has 20 heavy (non-hydrogen) atoms. The van der Waals surface area contributed by atoms with E-state index in [0.29, 0.717) is 0 Å². The molecule has 1 atom stereocenters. The molecule has 2 aromatic rings. The van der Waals surface area contributed by atoms with Gasteiger partial charge in [-0.15, -0.1) is 0 Å². The molecule has 0 radical (unpaired) electrons. The number of hydrogen-bond acceptors (Lipinski definition) is 3. The first kappa shape index (κ1) is 14.8. The molecule has 0 aliphatic rings. The van der Waals surface area contributed by atoms with Crippen molar-refractivity contribution in [2.45, 2.75) is 39.7 Å². The lowest BCUT2D eigenvalue weighted by molar-refractivity contribution is 0.520. The molecule has 108 valence electrons. The first-order valence-corrected chi connectivity index (χ1v) is 7.02. The summed E-state index contributed by atoms with van der Waals surface area (Å²) in [6.45, 7) is 6.27. The van der Waals surface area contributed by atoms with Crippen LogP contribution in [0.5, 0.6) is 0 Å². The van der Waals surface area contributed by atoms with Crippen LogP contribution in [0, 0.1) is 20.8 Å². The van der Waals surface area contributed by atoms with E-state index in [9.17, 15) is 0 Å². The second-order valence-corrected chi connectivity index (χ2v) is 5.53. The Hall–Kier alpha value is -1.65. The maximum Gasteiger partial charge on any atom is 0.0628 e. The minimum absolute atomic E-state index is 0.222. The fourth-order valence-corrected chi connectivity index (χ4v) is 2.56. The SMILES string of the molecule is Cc1ccc(CC(Cc2c(C)nn(C)c2C)NN)cc1. The summed E-state index contributed by atoms with van der Waals surface area (Å²) in [5.41, 5.74) is 9.13. The molecule has 1 aromatic carbocycles. The van der Waals surface area contributed by atoms with E-state index < -0.39 is 0 Å². The lowest BCUT2D eigenvalue weighted by Gasteiger charge is -2.16. The summed E-state index contributed by atoms with van der Waals surface area (Å²) in [7, 11) is 1.98. The molecule has 0 bridgehead atoms. The first-order chi connectivity index (χ1) is 9.51. The molecular weight excluding hydrogens is 248 g/mol. The van der Waals surface area contributed by atoms with Gasteiger partial charge in [-0.2, -0.15) is 5.10 Å². The van der Waals surface area contributed by atoms with Crippen LogP contribution in [0.3, 0.4) is 0 Å². The monoisotopic (exact) mass is 272 g/mol. The van der Waals surface area contributed by atoms with Crippen LogP contribution in [0.4, 0.5) is 0 Å². The Balaban J connectivity index is 2.11. The molecule has 1 heterocycles. The first-order valence-electron chi connectivity index (χ1n) is 7.02. The Labute approximate surface area is 121 Å². The molecule has 0 saturated carbocycles. The predicted molar refractivity (Wildman–Crippen MR) is 82.4 cm³/mol. The molecule has 3 N–H and O–H groups in total. The van der Waals surface area contributed by atoms with E-state index in [2.05, 4.69) is 55.6 Å². The highest BCUT2D eigenvalue weighted by Crippen LogP contribution is 2.16. The molecule has 0 aliphatic heterocycles. The molecule has 1 unspecified atom stereocenters. The van der Waals surface area contributed by atoms with E-state index in [-0.39, 0.29) is 6.04 Å². The van der Waals surface area contributed by atoms with Crippen molar-refractivity contribution in [3.05, 3.63) is 52.3 Å². The molecule has 0 fully saturated rings. The maximum atomic E-state index is 5.73. The van der Waals surface area contributed by atoms with Gasteiger partial charge in [0.25, 0.3) is 0 Å². The minimum Gasteiger partial charge on any atom is -0.272 e. The van der Waals surface area contributed by atoms with Crippen LogP contribution in [-0.2, 0) is 19.9 Å². The van der Waals surface area contributed by atoms with Crippen LogP contribution in [-0.4, -0.2) is 15.8 Å². The molecule has 0 saturated heterocycles. The second-order valence-electron chi connectivity index (χ2n) is 5.53. The molecule has 0 amide bonds. The molecule has 4 heteroatoms. The number of aryl methyl sites for hydroxylation is 3. The number of nitrogens with one attached hydrogen (secondary N) is 1. The van der Waals surface area contributed by atoms with Gasteiger partial charge in [0.1, 0.15) is 0 Å². The quantitative estimate of drug-likeness (QED) is 0.646. The van der Waals surface area contributed by atoms with Crippen molar-refractivity contribution in [3.8, 4) is 0 Å². The summed E-state index contributed by atoms with van der Waals surface area (Å²) in [5, 5.41) is 4.46. The van der Waals surface area contributed by atoms with Crippen molar-refractivity contribution in [2.24, 2.45) is 12.9 Å². The Morgan fingerprint density at radius 1 is 1.15 bits per heavy atom. The van der Waals surface area contributed by atoms with Gasteiger partial charge in [0, 0.05) is 18.8 Å². The molecule has 1 aromatic heterocycles. The van der Waals surface area contributed by atoms with Crippen LogP contribution < -0.4 is 11.3 Å². The average molecular weight is 272 g/mol. The van der Waals surface area contributed by atoms with E-state index >= 15 is 0 Å². The van der Waals surface area contributed by atoms with Crippen molar-refractivity contribution < 1.29 is 0 Å². The Kier molecular flexibility index (Phi) is 4.57. The number of nitrogens with two attached hydrogens (primary N) is 1. The molecule has 4 nitrogen and oxygen atoms in total. The molecular formula is C16H24N4. The number of benzene rings is 1. The summed E-state index contributed by atoms with van der Waals surface area (Å²) >= 11 is 0. The molecule has 0 spiro atoms. The summed E-state index contributed by atoms with van der Waals surface area (Å²) < 4.78 is 1.93. The third-order valence-electron chi connectivity index (χ3n) is 3.95. The Morgan fingerprint density at radius 2 is 1.80 bits per heavy atom. The van der Waals surface area contributed by atoms with Crippen molar-refractivity contribution >= 4 is 0 Å². The lowest BCUT2D eigenvalue weighted by atomic mass is 9.98. The maximum absolute atomic E-state index is 5.73. The second kappa shape index (κ2) is 6.20. The van der Waals surface area contributed by atoms with Gasteiger partial charge in [-0.25, -0.2) is 0 Å². The van der Waals surface area contributed by atoms with E-state index in [4.69, 9.17) is 5.84 Å². The van der Waals surface area contributed by atoms with Gasteiger partial charge in [0.15, 0.2) is 0 Å². The minimum atomic E-state index is 0.222. The number of rotatable bonds is 5. The zero-order chi connectivity index (χ0) is 14.7. The normalized spacial score (nSPS) is 12.7. The van der Waals surface area contributed by atoms with Crippen molar-refractivity contribution in [1.82, 2.24) is 15.2 Å². The third-order valence-corrected chi connectivity index (χ3v) is 3.95. The van der Waals surface area contributed by atoms with Gasteiger partial charge in [0.05, 0.1) is 5.69 Å². The third kappa shape index (κ3) is 3.26. The van der Waals surface area contributed by atoms with Crippen LogP contribution in [0.1, 0.15) is 28.1 Å². The average Bonchev–Trinajstić information content (AvgIpc) is 2.66. The van der Waals surface area contributed by atoms with Gasteiger partial charge in [0.2, 0.25) is 0 Å². The van der Waals surface area contributed by atoms with Crippen molar-refractivity contribution in [3.63, 3.8) is 0 Å². The smallest absolute Gasteiger partial charge is 0.0628 e. The Morgan fingerprint density at radius 3 is 2.30 bits per heavy atom. The van der Waals surface area contributed by atoms with Crippen LogP contribution in [0.2, 0.25) is 0 Å². The molecule has 2 rings (SSSR count).